The second-order valence-corrected chi connectivity index (χ2v) is 6.20. The van der Waals surface area contributed by atoms with Crippen LogP contribution < -0.4 is 10.2 Å². The smallest absolute Gasteiger partial charge is 0.0430 e. The summed E-state index contributed by atoms with van der Waals surface area (Å²) in [6, 6.07) is 11.4. The second-order valence-electron chi connectivity index (χ2n) is 6.20. The fraction of sp³-hybridized carbons (Fsp3) is 0.625. The highest BCUT2D eigenvalue weighted by molar-refractivity contribution is 5.48. The molecule has 1 saturated heterocycles. The van der Waals surface area contributed by atoms with Gasteiger partial charge in [-0.25, -0.2) is 0 Å². The van der Waals surface area contributed by atoms with Crippen LogP contribution in [0.25, 0.3) is 0 Å². The molecule has 1 fully saturated rings. The van der Waals surface area contributed by atoms with Crippen molar-refractivity contribution in [2.24, 2.45) is 0 Å². The van der Waals surface area contributed by atoms with Crippen molar-refractivity contribution in [3.05, 3.63) is 30.3 Å². The first-order valence-electron chi connectivity index (χ1n) is 7.22. The molecular formula is C16H27N3. The lowest BCUT2D eigenvalue weighted by molar-refractivity contribution is 0.112. The normalized spacial score (nSPS) is 23.6. The van der Waals surface area contributed by atoms with Crippen LogP contribution in [0.4, 0.5) is 5.69 Å². The summed E-state index contributed by atoms with van der Waals surface area (Å²) in [6.07, 6.45) is 1.19. The Kier molecular flexibility index (Phi) is 4.48. The third-order valence-electron chi connectivity index (χ3n) is 4.33. The predicted molar refractivity (Wildman–Crippen MR) is 82.8 cm³/mol. The van der Waals surface area contributed by atoms with Crippen LogP contribution in [0.3, 0.4) is 0 Å². The number of hydrogen-bond acceptors (Lipinski definition) is 3. The predicted octanol–water partition coefficient (Wildman–Crippen LogP) is 2.20. The molecule has 1 aromatic rings. The largest absolute Gasteiger partial charge is 0.365 e. The molecule has 3 nitrogen and oxygen atoms in total. The number of nitrogens with zero attached hydrogens (tertiary/aromatic N) is 2. The Morgan fingerprint density at radius 3 is 2.58 bits per heavy atom. The van der Waals surface area contributed by atoms with E-state index >= 15 is 0 Å². The number of piperazine rings is 1. The van der Waals surface area contributed by atoms with Gasteiger partial charge in [-0.1, -0.05) is 18.2 Å². The average Bonchev–Trinajstić information content (AvgIpc) is 2.41. The summed E-state index contributed by atoms with van der Waals surface area (Å²) >= 11 is 0. The molecule has 1 unspecified atom stereocenters. The van der Waals surface area contributed by atoms with Gasteiger partial charge in [0.1, 0.15) is 0 Å². The van der Waals surface area contributed by atoms with E-state index in [-0.39, 0.29) is 5.54 Å². The Labute approximate surface area is 117 Å². The molecule has 2 rings (SSSR count). The number of benzene rings is 1. The second kappa shape index (κ2) is 5.93. The van der Waals surface area contributed by atoms with Crippen LogP contribution >= 0.6 is 0 Å². The van der Waals surface area contributed by atoms with Crippen molar-refractivity contribution in [3.8, 4) is 0 Å². The number of anilines is 1. The maximum Gasteiger partial charge on any atom is 0.0430 e. The standard InChI is InChI=1S/C16H27N3/c1-16(2)13-19(14-8-6-5-7-9-14)15(10-11-17-3)12-18(16)4/h5-9,15,17H,10-13H2,1-4H3. The van der Waals surface area contributed by atoms with Crippen molar-refractivity contribution in [1.82, 2.24) is 10.2 Å². The molecule has 1 N–H and O–H groups in total. The van der Waals surface area contributed by atoms with Crippen molar-refractivity contribution < 1.29 is 0 Å². The molecule has 0 bridgehead atoms. The van der Waals surface area contributed by atoms with Crippen LogP contribution in [0.5, 0.6) is 0 Å². The summed E-state index contributed by atoms with van der Waals surface area (Å²) in [5.74, 6) is 0. The number of para-hydroxylation sites is 1. The first kappa shape index (κ1) is 14.4. The summed E-state index contributed by atoms with van der Waals surface area (Å²) in [6.45, 7) is 7.95. The van der Waals surface area contributed by atoms with E-state index in [1.165, 1.54) is 12.1 Å². The minimum absolute atomic E-state index is 0.228. The van der Waals surface area contributed by atoms with Gasteiger partial charge >= 0.3 is 0 Å². The van der Waals surface area contributed by atoms with Gasteiger partial charge in [-0.2, -0.15) is 0 Å². The molecule has 0 radical (unpaired) electrons. The van der Waals surface area contributed by atoms with Crippen molar-refractivity contribution in [1.29, 1.82) is 0 Å². The van der Waals surface area contributed by atoms with Crippen LogP contribution in [0, 0.1) is 0 Å². The summed E-state index contributed by atoms with van der Waals surface area (Å²) in [4.78, 5) is 5.07. The maximum atomic E-state index is 3.28. The van der Waals surface area contributed by atoms with Crippen LogP contribution in [-0.2, 0) is 0 Å². The molecule has 1 aromatic carbocycles. The zero-order valence-electron chi connectivity index (χ0n) is 12.7. The Bertz CT molecular complexity index is 388. The molecule has 0 spiro atoms. The number of hydrogen-bond donors (Lipinski definition) is 1. The molecule has 1 heterocycles. The van der Waals surface area contributed by atoms with Gasteiger partial charge in [0.15, 0.2) is 0 Å². The molecule has 19 heavy (non-hydrogen) atoms. The van der Waals surface area contributed by atoms with Gasteiger partial charge in [0.2, 0.25) is 0 Å². The monoisotopic (exact) mass is 261 g/mol. The Balaban J connectivity index is 2.19. The zero-order valence-corrected chi connectivity index (χ0v) is 12.7. The molecule has 3 heteroatoms. The van der Waals surface area contributed by atoms with E-state index in [0.717, 1.165) is 19.6 Å². The summed E-state index contributed by atoms with van der Waals surface area (Å²) in [7, 11) is 4.28. The highest BCUT2D eigenvalue weighted by Crippen LogP contribution is 2.28. The molecule has 0 amide bonds. The number of nitrogens with one attached hydrogen (secondary N) is 1. The molecule has 1 aliphatic rings. The molecule has 0 aliphatic carbocycles. The minimum Gasteiger partial charge on any atom is -0.365 e. The van der Waals surface area contributed by atoms with Crippen molar-refractivity contribution in [2.75, 3.05) is 38.6 Å². The highest BCUT2D eigenvalue weighted by atomic mass is 15.3. The Morgan fingerprint density at radius 1 is 1.26 bits per heavy atom. The van der Waals surface area contributed by atoms with Crippen LogP contribution in [0.15, 0.2) is 30.3 Å². The van der Waals surface area contributed by atoms with Gasteiger partial charge in [0, 0.05) is 30.4 Å². The summed E-state index contributed by atoms with van der Waals surface area (Å²) < 4.78 is 0. The third kappa shape index (κ3) is 3.28. The van der Waals surface area contributed by atoms with Crippen LogP contribution in [-0.4, -0.2) is 50.2 Å². The first-order chi connectivity index (χ1) is 9.04. The summed E-state index contributed by atoms with van der Waals surface area (Å²) in [5, 5.41) is 3.28. The van der Waals surface area contributed by atoms with E-state index in [2.05, 4.69) is 66.3 Å². The minimum atomic E-state index is 0.228. The SMILES string of the molecule is CNCCC1CN(C)C(C)(C)CN1c1ccccc1. The number of rotatable bonds is 4. The van der Waals surface area contributed by atoms with E-state index in [0.29, 0.717) is 6.04 Å². The van der Waals surface area contributed by atoms with Gasteiger partial charge < -0.3 is 10.2 Å². The quantitative estimate of drug-likeness (QED) is 0.896. The van der Waals surface area contributed by atoms with Gasteiger partial charge in [-0.3, -0.25) is 4.90 Å². The lowest BCUT2D eigenvalue weighted by atomic mass is 9.94. The van der Waals surface area contributed by atoms with E-state index in [1.54, 1.807) is 0 Å². The van der Waals surface area contributed by atoms with Gasteiger partial charge in [0.25, 0.3) is 0 Å². The fourth-order valence-corrected chi connectivity index (χ4v) is 2.81. The number of likely N-dealkylation sites (N-methyl/N-ethyl adjacent to an activating group) is 1. The highest BCUT2D eigenvalue weighted by Gasteiger charge is 2.36. The van der Waals surface area contributed by atoms with Crippen molar-refractivity contribution >= 4 is 5.69 Å². The molecular weight excluding hydrogens is 234 g/mol. The summed E-state index contributed by atoms with van der Waals surface area (Å²) in [5.41, 5.74) is 1.58. The lowest BCUT2D eigenvalue weighted by Crippen LogP contribution is -2.62. The molecule has 0 saturated carbocycles. The molecule has 1 aliphatic heterocycles. The molecule has 0 aromatic heterocycles. The van der Waals surface area contributed by atoms with E-state index in [9.17, 15) is 0 Å². The van der Waals surface area contributed by atoms with Crippen molar-refractivity contribution in [2.45, 2.75) is 31.8 Å². The Hall–Kier alpha value is -1.06. The van der Waals surface area contributed by atoms with E-state index < -0.39 is 0 Å². The van der Waals surface area contributed by atoms with Gasteiger partial charge in [-0.05, 0) is 53.0 Å². The fourth-order valence-electron chi connectivity index (χ4n) is 2.81. The first-order valence-corrected chi connectivity index (χ1v) is 7.22. The van der Waals surface area contributed by atoms with Crippen molar-refractivity contribution in [3.63, 3.8) is 0 Å². The molecule has 106 valence electrons. The van der Waals surface area contributed by atoms with Gasteiger partial charge in [-0.15, -0.1) is 0 Å². The van der Waals surface area contributed by atoms with Crippen LogP contribution in [0.2, 0.25) is 0 Å². The van der Waals surface area contributed by atoms with E-state index in [1.807, 2.05) is 7.05 Å². The van der Waals surface area contributed by atoms with Crippen LogP contribution in [0.1, 0.15) is 20.3 Å². The third-order valence-corrected chi connectivity index (χ3v) is 4.33. The Morgan fingerprint density at radius 2 is 1.95 bits per heavy atom. The molecule has 1 atom stereocenters. The van der Waals surface area contributed by atoms with E-state index in [4.69, 9.17) is 0 Å². The average molecular weight is 261 g/mol. The zero-order chi connectivity index (χ0) is 13.9. The lowest BCUT2D eigenvalue weighted by Gasteiger charge is -2.51. The topological polar surface area (TPSA) is 18.5 Å². The maximum absolute atomic E-state index is 3.28. The van der Waals surface area contributed by atoms with Gasteiger partial charge in [0.05, 0.1) is 0 Å².